The standard InChI is InChI=1S/C17H20ClN/c1-4-19-11-15-7-5-12(2)9-16(15)14-8-6-13(3)17(18)10-14/h5-10,19H,4,11H2,1-3H3. The smallest absolute Gasteiger partial charge is 0.0441 e. The molecular weight excluding hydrogens is 254 g/mol. The Morgan fingerprint density at radius 3 is 2.53 bits per heavy atom. The van der Waals surface area contributed by atoms with Gasteiger partial charge in [-0.3, -0.25) is 0 Å². The van der Waals surface area contributed by atoms with Crippen LogP contribution in [-0.4, -0.2) is 6.54 Å². The fourth-order valence-corrected chi connectivity index (χ4v) is 2.31. The lowest BCUT2D eigenvalue weighted by Gasteiger charge is -2.12. The minimum absolute atomic E-state index is 0.827. The molecule has 0 spiro atoms. The van der Waals surface area contributed by atoms with Crippen LogP contribution in [0.2, 0.25) is 5.02 Å². The van der Waals surface area contributed by atoms with Crippen molar-refractivity contribution in [3.05, 3.63) is 58.1 Å². The molecule has 0 aromatic heterocycles. The lowest BCUT2D eigenvalue weighted by Crippen LogP contribution is -2.12. The number of hydrogen-bond acceptors (Lipinski definition) is 1. The number of aryl methyl sites for hydroxylation is 2. The predicted octanol–water partition coefficient (Wildman–Crippen LogP) is 4.73. The van der Waals surface area contributed by atoms with Crippen molar-refractivity contribution in [2.45, 2.75) is 27.3 Å². The highest BCUT2D eigenvalue weighted by molar-refractivity contribution is 6.31. The van der Waals surface area contributed by atoms with Gasteiger partial charge in [-0.2, -0.15) is 0 Å². The van der Waals surface area contributed by atoms with Gasteiger partial charge < -0.3 is 5.32 Å². The van der Waals surface area contributed by atoms with Gasteiger partial charge in [0.15, 0.2) is 0 Å². The van der Waals surface area contributed by atoms with Crippen LogP contribution in [0.1, 0.15) is 23.6 Å². The molecule has 1 nitrogen and oxygen atoms in total. The molecule has 0 aliphatic heterocycles. The molecule has 0 atom stereocenters. The number of hydrogen-bond donors (Lipinski definition) is 1. The molecule has 0 radical (unpaired) electrons. The van der Waals surface area contributed by atoms with E-state index in [0.29, 0.717) is 0 Å². The van der Waals surface area contributed by atoms with E-state index < -0.39 is 0 Å². The van der Waals surface area contributed by atoms with E-state index in [2.05, 4.69) is 55.6 Å². The summed E-state index contributed by atoms with van der Waals surface area (Å²) in [6, 6.07) is 12.9. The van der Waals surface area contributed by atoms with Crippen molar-refractivity contribution in [1.29, 1.82) is 0 Å². The number of halogens is 1. The first-order valence-corrected chi connectivity index (χ1v) is 7.06. The minimum Gasteiger partial charge on any atom is -0.313 e. The summed E-state index contributed by atoms with van der Waals surface area (Å²) in [6.45, 7) is 8.13. The molecule has 0 heterocycles. The van der Waals surface area contributed by atoms with E-state index in [9.17, 15) is 0 Å². The normalized spacial score (nSPS) is 10.7. The van der Waals surface area contributed by atoms with Crippen LogP contribution in [0.5, 0.6) is 0 Å². The van der Waals surface area contributed by atoms with Crippen LogP contribution < -0.4 is 5.32 Å². The van der Waals surface area contributed by atoms with Crippen molar-refractivity contribution < 1.29 is 0 Å². The summed E-state index contributed by atoms with van der Waals surface area (Å²) in [6.07, 6.45) is 0. The third-order valence-electron chi connectivity index (χ3n) is 3.31. The zero-order valence-electron chi connectivity index (χ0n) is 11.8. The molecule has 0 saturated carbocycles. The molecule has 19 heavy (non-hydrogen) atoms. The summed E-state index contributed by atoms with van der Waals surface area (Å²) in [7, 11) is 0. The van der Waals surface area contributed by atoms with Crippen molar-refractivity contribution in [2.75, 3.05) is 6.54 Å². The Bertz CT molecular complexity index is 575. The average Bonchev–Trinajstić information content (AvgIpc) is 2.40. The Labute approximate surface area is 120 Å². The third-order valence-corrected chi connectivity index (χ3v) is 3.72. The maximum atomic E-state index is 6.24. The van der Waals surface area contributed by atoms with Gasteiger partial charge >= 0.3 is 0 Å². The number of benzene rings is 2. The van der Waals surface area contributed by atoms with Gasteiger partial charge in [-0.25, -0.2) is 0 Å². The average molecular weight is 274 g/mol. The van der Waals surface area contributed by atoms with Gasteiger partial charge in [0.05, 0.1) is 0 Å². The van der Waals surface area contributed by atoms with E-state index in [1.54, 1.807) is 0 Å². The first kappa shape index (κ1) is 14.1. The first-order valence-electron chi connectivity index (χ1n) is 6.68. The second kappa shape index (κ2) is 6.23. The van der Waals surface area contributed by atoms with Gasteiger partial charge in [0.2, 0.25) is 0 Å². The summed E-state index contributed by atoms with van der Waals surface area (Å²) in [5.41, 5.74) is 6.15. The maximum absolute atomic E-state index is 6.24. The quantitative estimate of drug-likeness (QED) is 0.849. The van der Waals surface area contributed by atoms with Crippen LogP contribution >= 0.6 is 11.6 Å². The van der Waals surface area contributed by atoms with E-state index in [0.717, 1.165) is 23.7 Å². The van der Waals surface area contributed by atoms with Crippen molar-refractivity contribution in [1.82, 2.24) is 5.32 Å². The van der Waals surface area contributed by atoms with E-state index in [1.807, 2.05) is 6.92 Å². The molecule has 2 rings (SSSR count). The second-order valence-corrected chi connectivity index (χ2v) is 5.31. The van der Waals surface area contributed by atoms with Gasteiger partial charge in [0.25, 0.3) is 0 Å². The maximum Gasteiger partial charge on any atom is 0.0441 e. The first-order chi connectivity index (χ1) is 9.11. The van der Waals surface area contributed by atoms with Crippen LogP contribution in [0.15, 0.2) is 36.4 Å². The molecule has 1 N–H and O–H groups in total. The SMILES string of the molecule is CCNCc1ccc(C)cc1-c1ccc(C)c(Cl)c1. The Morgan fingerprint density at radius 2 is 1.84 bits per heavy atom. The molecule has 2 heteroatoms. The van der Waals surface area contributed by atoms with Crippen molar-refractivity contribution in [3.63, 3.8) is 0 Å². The number of rotatable bonds is 4. The molecule has 0 aliphatic carbocycles. The van der Waals surface area contributed by atoms with E-state index in [-0.39, 0.29) is 0 Å². The summed E-state index contributed by atoms with van der Waals surface area (Å²) >= 11 is 6.24. The molecule has 0 fully saturated rings. The van der Waals surface area contributed by atoms with Crippen molar-refractivity contribution >= 4 is 11.6 Å². The van der Waals surface area contributed by atoms with E-state index in [4.69, 9.17) is 11.6 Å². The number of nitrogens with one attached hydrogen (secondary N) is 1. The van der Waals surface area contributed by atoms with Crippen molar-refractivity contribution in [2.24, 2.45) is 0 Å². The van der Waals surface area contributed by atoms with Crippen LogP contribution in [0.25, 0.3) is 11.1 Å². The lowest BCUT2D eigenvalue weighted by molar-refractivity contribution is 0.728. The topological polar surface area (TPSA) is 12.0 Å². The molecule has 0 saturated heterocycles. The summed E-state index contributed by atoms with van der Waals surface area (Å²) in [4.78, 5) is 0. The van der Waals surface area contributed by atoms with Crippen LogP contribution in [-0.2, 0) is 6.54 Å². The summed E-state index contributed by atoms with van der Waals surface area (Å²) < 4.78 is 0. The fourth-order valence-electron chi connectivity index (χ4n) is 2.13. The van der Waals surface area contributed by atoms with Crippen molar-refractivity contribution in [3.8, 4) is 11.1 Å². The Kier molecular flexibility index (Phi) is 4.62. The highest BCUT2D eigenvalue weighted by Gasteiger charge is 2.07. The second-order valence-electron chi connectivity index (χ2n) is 4.90. The predicted molar refractivity (Wildman–Crippen MR) is 83.7 cm³/mol. The minimum atomic E-state index is 0.827. The van der Waals surface area contributed by atoms with E-state index in [1.165, 1.54) is 22.3 Å². The van der Waals surface area contributed by atoms with Crippen LogP contribution in [0, 0.1) is 13.8 Å². The van der Waals surface area contributed by atoms with Gasteiger partial charge in [0.1, 0.15) is 0 Å². The Hall–Kier alpha value is -1.31. The van der Waals surface area contributed by atoms with Crippen LogP contribution in [0.4, 0.5) is 0 Å². The molecule has 0 amide bonds. The highest BCUT2D eigenvalue weighted by atomic mass is 35.5. The Morgan fingerprint density at radius 1 is 1.05 bits per heavy atom. The largest absolute Gasteiger partial charge is 0.313 e. The lowest BCUT2D eigenvalue weighted by atomic mass is 9.97. The van der Waals surface area contributed by atoms with Gasteiger partial charge in [-0.05, 0) is 48.7 Å². The monoisotopic (exact) mass is 273 g/mol. The summed E-state index contributed by atoms with van der Waals surface area (Å²) in [5.74, 6) is 0. The Balaban J connectivity index is 2.46. The third kappa shape index (κ3) is 3.37. The van der Waals surface area contributed by atoms with E-state index >= 15 is 0 Å². The molecule has 100 valence electrons. The molecule has 0 aliphatic rings. The van der Waals surface area contributed by atoms with Gasteiger partial charge in [-0.1, -0.05) is 54.4 Å². The summed E-state index contributed by atoms with van der Waals surface area (Å²) in [5, 5.41) is 4.21. The fraction of sp³-hybridized carbons (Fsp3) is 0.294. The molecule has 2 aromatic carbocycles. The zero-order valence-corrected chi connectivity index (χ0v) is 12.5. The highest BCUT2D eigenvalue weighted by Crippen LogP contribution is 2.28. The van der Waals surface area contributed by atoms with Gasteiger partial charge in [0, 0.05) is 11.6 Å². The van der Waals surface area contributed by atoms with Crippen LogP contribution in [0.3, 0.4) is 0 Å². The molecular formula is C17H20ClN. The molecule has 0 unspecified atom stereocenters. The molecule has 2 aromatic rings. The van der Waals surface area contributed by atoms with Gasteiger partial charge in [-0.15, -0.1) is 0 Å². The zero-order chi connectivity index (χ0) is 13.8. The molecule has 0 bridgehead atoms.